The van der Waals surface area contributed by atoms with Gasteiger partial charge in [0, 0.05) is 18.4 Å². The number of carbonyl (C=O) groups excluding carboxylic acids is 2. The van der Waals surface area contributed by atoms with Crippen molar-refractivity contribution in [3.8, 4) is 11.5 Å². The lowest BCUT2D eigenvalue weighted by Gasteiger charge is -2.29. The molecule has 32 heavy (non-hydrogen) atoms. The second kappa shape index (κ2) is 10.4. The van der Waals surface area contributed by atoms with E-state index in [0.717, 1.165) is 17.3 Å². The van der Waals surface area contributed by atoms with Crippen LogP contribution in [-0.2, 0) is 9.53 Å². The molecule has 1 N–H and O–H groups in total. The molecule has 2 aromatic rings. The van der Waals surface area contributed by atoms with Crippen molar-refractivity contribution in [3.63, 3.8) is 0 Å². The normalized spacial score (nSPS) is 14.0. The summed E-state index contributed by atoms with van der Waals surface area (Å²) in [6.45, 7) is 9.07. The average molecular weight is 448 g/mol. The molecule has 0 unspecified atom stereocenters. The van der Waals surface area contributed by atoms with E-state index >= 15 is 0 Å². The zero-order valence-electron chi connectivity index (χ0n) is 19.2. The summed E-state index contributed by atoms with van der Waals surface area (Å²) in [6, 6.07) is 5.76. The van der Waals surface area contributed by atoms with E-state index in [1.807, 2.05) is 20.8 Å². The highest BCUT2D eigenvalue weighted by atomic mass is 19.1. The molecular formula is C24H30FNO6. The predicted octanol–water partition coefficient (Wildman–Crippen LogP) is 4.06. The van der Waals surface area contributed by atoms with Crippen LogP contribution in [0.15, 0.2) is 30.5 Å². The molecule has 1 aromatic heterocycles. The Morgan fingerprint density at radius 1 is 1.19 bits per heavy atom. The van der Waals surface area contributed by atoms with Gasteiger partial charge >= 0.3 is 11.7 Å². The van der Waals surface area contributed by atoms with Crippen LogP contribution in [0.2, 0.25) is 0 Å². The first kappa shape index (κ1) is 25.1. The van der Waals surface area contributed by atoms with Gasteiger partial charge in [0.05, 0.1) is 13.0 Å². The molecule has 7 nitrogen and oxygen atoms in total. The summed E-state index contributed by atoms with van der Waals surface area (Å²) in [5.41, 5.74) is 1.17. The summed E-state index contributed by atoms with van der Waals surface area (Å²) in [5.74, 6) is -3.14. The standard InChI is InChI=1S/C24H30FNO6/c1-13(2)21(18-8-7-17(25)11-14(18)3)16(5)32-24(29)15(4)12-19(27)22-23(28)20(31-6)9-10-26(22)30/h7-11,13,15-16,21,28H,12H2,1-6H3/t15-,16+,21-/m1/s1. The third-order valence-corrected chi connectivity index (χ3v) is 5.53. The van der Waals surface area contributed by atoms with Crippen LogP contribution in [0.3, 0.4) is 0 Å². The number of aromatic hydroxyl groups is 1. The minimum atomic E-state index is -0.849. The summed E-state index contributed by atoms with van der Waals surface area (Å²) in [7, 11) is 1.30. The molecule has 2 rings (SSSR count). The number of carbonyl (C=O) groups is 2. The summed E-state index contributed by atoms with van der Waals surface area (Å²) in [5, 5.41) is 22.1. The van der Waals surface area contributed by atoms with Crippen molar-refractivity contribution in [2.45, 2.75) is 53.1 Å². The number of esters is 1. The van der Waals surface area contributed by atoms with E-state index in [4.69, 9.17) is 9.47 Å². The molecule has 1 heterocycles. The van der Waals surface area contributed by atoms with Gasteiger partial charge in [-0.15, -0.1) is 0 Å². The van der Waals surface area contributed by atoms with Gasteiger partial charge in [-0.25, -0.2) is 4.39 Å². The highest BCUT2D eigenvalue weighted by Gasteiger charge is 2.32. The number of Topliss-reactive ketones (excluding diaryl/α,β-unsaturated/α-hetero) is 1. The molecule has 0 aliphatic carbocycles. The van der Waals surface area contributed by atoms with E-state index in [-0.39, 0.29) is 34.6 Å². The molecule has 0 aliphatic rings. The lowest BCUT2D eigenvalue weighted by Crippen LogP contribution is -2.35. The van der Waals surface area contributed by atoms with Crippen molar-refractivity contribution >= 4 is 11.8 Å². The van der Waals surface area contributed by atoms with E-state index in [1.54, 1.807) is 13.0 Å². The Balaban J connectivity index is 2.15. The Kier molecular flexibility index (Phi) is 8.19. The number of halogens is 1. The van der Waals surface area contributed by atoms with Gasteiger partial charge in [-0.3, -0.25) is 9.59 Å². The van der Waals surface area contributed by atoms with Gasteiger partial charge in [0.1, 0.15) is 11.9 Å². The van der Waals surface area contributed by atoms with E-state index < -0.39 is 35.2 Å². The number of methoxy groups -OCH3 is 1. The Bertz CT molecular complexity index is 991. The number of benzene rings is 1. The smallest absolute Gasteiger partial charge is 0.309 e. The maximum Gasteiger partial charge on any atom is 0.309 e. The van der Waals surface area contributed by atoms with Gasteiger partial charge in [-0.2, -0.15) is 4.73 Å². The third kappa shape index (κ3) is 5.55. The van der Waals surface area contributed by atoms with Gasteiger partial charge in [0.25, 0.3) is 0 Å². The fraction of sp³-hybridized carbons (Fsp3) is 0.458. The number of nitrogens with zero attached hydrogens (tertiary/aromatic N) is 1. The number of aromatic nitrogens is 1. The van der Waals surface area contributed by atoms with E-state index in [1.165, 1.54) is 32.2 Å². The fourth-order valence-corrected chi connectivity index (χ4v) is 3.93. The van der Waals surface area contributed by atoms with Crippen molar-refractivity contribution in [1.29, 1.82) is 0 Å². The summed E-state index contributed by atoms with van der Waals surface area (Å²) in [4.78, 5) is 25.3. The van der Waals surface area contributed by atoms with E-state index in [0.29, 0.717) is 0 Å². The molecule has 0 bridgehead atoms. The molecule has 1 aromatic carbocycles. The third-order valence-electron chi connectivity index (χ3n) is 5.53. The second-order valence-electron chi connectivity index (χ2n) is 8.35. The number of ether oxygens (including phenoxy) is 2. The maximum absolute atomic E-state index is 13.5. The van der Waals surface area contributed by atoms with E-state index in [2.05, 4.69) is 0 Å². The molecule has 174 valence electrons. The van der Waals surface area contributed by atoms with Gasteiger partial charge in [-0.1, -0.05) is 26.8 Å². The SMILES string of the molecule is COc1cc[n+]([O-])c(C(=O)C[C@@H](C)C(=O)O[C@@H](C)[C@H](c2ccc(F)cc2C)C(C)C)c1O. The van der Waals surface area contributed by atoms with Crippen LogP contribution in [0.5, 0.6) is 11.5 Å². The molecule has 3 atom stereocenters. The van der Waals surface area contributed by atoms with Crippen molar-refractivity contribution in [2.24, 2.45) is 11.8 Å². The van der Waals surface area contributed by atoms with Crippen LogP contribution < -0.4 is 9.47 Å². The number of rotatable bonds is 9. The lowest BCUT2D eigenvalue weighted by atomic mass is 9.82. The second-order valence-corrected chi connectivity index (χ2v) is 8.35. The quantitative estimate of drug-likeness (QED) is 0.269. The maximum atomic E-state index is 13.5. The first-order valence-electron chi connectivity index (χ1n) is 10.5. The first-order chi connectivity index (χ1) is 15.0. The number of hydrogen-bond acceptors (Lipinski definition) is 6. The number of ketones is 1. The summed E-state index contributed by atoms with van der Waals surface area (Å²) in [6.07, 6.45) is 0.199. The molecule has 0 saturated carbocycles. The van der Waals surface area contributed by atoms with Crippen LogP contribution in [0.4, 0.5) is 4.39 Å². The molecule has 0 amide bonds. The lowest BCUT2D eigenvalue weighted by molar-refractivity contribution is -0.608. The fourth-order valence-electron chi connectivity index (χ4n) is 3.93. The number of pyridine rings is 1. The molecular weight excluding hydrogens is 417 g/mol. The van der Waals surface area contributed by atoms with Crippen LogP contribution >= 0.6 is 0 Å². The summed E-state index contributed by atoms with van der Waals surface area (Å²) >= 11 is 0. The Hall–Kier alpha value is -3.16. The van der Waals surface area contributed by atoms with Crippen molar-refractivity contribution in [2.75, 3.05) is 7.11 Å². The molecule has 0 fully saturated rings. The van der Waals surface area contributed by atoms with E-state index in [9.17, 15) is 24.3 Å². The summed E-state index contributed by atoms with van der Waals surface area (Å²) < 4.78 is 24.4. The first-order valence-corrected chi connectivity index (χ1v) is 10.5. The molecule has 0 aliphatic heterocycles. The molecule has 0 saturated heterocycles. The van der Waals surface area contributed by atoms with Crippen LogP contribution in [0.25, 0.3) is 0 Å². The van der Waals surface area contributed by atoms with Gasteiger partial charge in [0.2, 0.25) is 11.5 Å². The molecule has 8 heteroatoms. The predicted molar refractivity (Wildman–Crippen MR) is 116 cm³/mol. The zero-order valence-corrected chi connectivity index (χ0v) is 19.2. The van der Waals surface area contributed by atoms with Crippen LogP contribution in [0.1, 0.15) is 61.6 Å². The highest BCUT2D eigenvalue weighted by Crippen LogP contribution is 2.33. The highest BCUT2D eigenvalue weighted by molar-refractivity contribution is 5.98. The number of aryl methyl sites for hydroxylation is 1. The van der Waals surface area contributed by atoms with Crippen molar-refractivity contribution < 1.29 is 33.3 Å². The van der Waals surface area contributed by atoms with Crippen LogP contribution in [0, 0.1) is 29.8 Å². The van der Waals surface area contributed by atoms with Crippen LogP contribution in [-0.4, -0.2) is 30.1 Å². The van der Waals surface area contributed by atoms with Gasteiger partial charge in [-0.05, 0) is 43.0 Å². The molecule has 0 radical (unpaired) electrons. The monoisotopic (exact) mass is 447 g/mol. The Morgan fingerprint density at radius 3 is 2.41 bits per heavy atom. The minimum absolute atomic E-state index is 0.0151. The largest absolute Gasteiger partial charge is 0.618 e. The zero-order chi connectivity index (χ0) is 24.2. The van der Waals surface area contributed by atoms with Crippen molar-refractivity contribution in [1.82, 2.24) is 0 Å². The topological polar surface area (TPSA) is 99.8 Å². The average Bonchev–Trinajstić information content (AvgIpc) is 2.69. The minimum Gasteiger partial charge on any atom is -0.618 e. The number of hydrogen-bond donors (Lipinski definition) is 1. The Labute approximate surface area is 187 Å². The van der Waals surface area contributed by atoms with Gasteiger partial charge in [0.15, 0.2) is 11.9 Å². The Morgan fingerprint density at radius 2 is 1.84 bits per heavy atom. The van der Waals surface area contributed by atoms with Gasteiger partial charge < -0.3 is 19.8 Å². The van der Waals surface area contributed by atoms with Crippen molar-refractivity contribution in [3.05, 3.63) is 58.3 Å². The molecule has 0 spiro atoms.